The molecule has 1 atom stereocenters. The van der Waals surface area contributed by atoms with Crippen molar-refractivity contribution in [2.24, 2.45) is 5.16 Å². The molecule has 0 saturated carbocycles. The lowest BCUT2D eigenvalue weighted by atomic mass is 10.1. The predicted molar refractivity (Wildman–Crippen MR) is 93.2 cm³/mol. The number of nitrogens with zero attached hydrogens (tertiary/aromatic N) is 4. The van der Waals surface area contributed by atoms with Gasteiger partial charge in [0.15, 0.2) is 0 Å². The van der Waals surface area contributed by atoms with E-state index in [1.165, 1.54) is 13.3 Å². The highest BCUT2D eigenvalue weighted by Crippen LogP contribution is 2.21. The van der Waals surface area contributed by atoms with Gasteiger partial charge in [-0.3, -0.25) is 9.78 Å². The molecule has 1 unspecified atom stereocenters. The van der Waals surface area contributed by atoms with E-state index in [9.17, 15) is 9.90 Å². The number of benzene rings is 1. The zero-order valence-electron chi connectivity index (χ0n) is 14.2. The fourth-order valence-corrected chi connectivity index (χ4v) is 2.95. The molecule has 1 aromatic carbocycles. The fourth-order valence-electron chi connectivity index (χ4n) is 2.95. The highest BCUT2D eigenvalue weighted by molar-refractivity contribution is 5.99. The molecule has 2 heterocycles. The number of amides is 1. The molecule has 0 spiro atoms. The molecular formula is C18H20N4O3. The van der Waals surface area contributed by atoms with E-state index in [0.29, 0.717) is 13.0 Å². The second-order valence-electron chi connectivity index (χ2n) is 5.92. The first-order valence-corrected chi connectivity index (χ1v) is 8.02. The predicted octanol–water partition coefficient (Wildman–Crippen LogP) is 1.66. The van der Waals surface area contributed by atoms with Crippen LogP contribution in [-0.2, 0) is 4.84 Å². The lowest BCUT2D eigenvalue weighted by Gasteiger charge is -2.21. The van der Waals surface area contributed by atoms with Crippen molar-refractivity contribution in [2.75, 3.05) is 20.3 Å². The number of carbonyl (C=O) groups is 1. The molecule has 1 saturated heterocycles. The van der Waals surface area contributed by atoms with Gasteiger partial charge < -0.3 is 14.8 Å². The molecule has 1 amide bonds. The van der Waals surface area contributed by atoms with Crippen LogP contribution in [0.15, 0.2) is 41.8 Å². The van der Waals surface area contributed by atoms with Crippen molar-refractivity contribution < 1.29 is 14.7 Å². The standard InChI is InChI=1S/C18H20N4O3/c1-12-5-3-4-6-15(12)16-8-20-17(9-19-16)18(24)22-10-13(21-25-2)7-14(22)11-23/h3-6,8-9,14,23H,7,10-11H2,1-2H3. The van der Waals surface area contributed by atoms with Crippen molar-refractivity contribution in [1.82, 2.24) is 14.9 Å². The van der Waals surface area contributed by atoms with E-state index in [1.54, 1.807) is 11.1 Å². The summed E-state index contributed by atoms with van der Waals surface area (Å²) >= 11 is 0. The Labute approximate surface area is 146 Å². The third-order valence-electron chi connectivity index (χ3n) is 4.25. The largest absolute Gasteiger partial charge is 0.399 e. The van der Waals surface area contributed by atoms with Gasteiger partial charge in [0.25, 0.3) is 5.91 Å². The number of aromatic nitrogens is 2. The third kappa shape index (κ3) is 3.51. The van der Waals surface area contributed by atoms with E-state index in [2.05, 4.69) is 15.1 Å². The maximum Gasteiger partial charge on any atom is 0.274 e. The van der Waals surface area contributed by atoms with Crippen LogP contribution in [-0.4, -0.2) is 57.9 Å². The summed E-state index contributed by atoms with van der Waals surface area (Å²) in [6, 6.07) is 7.56. The van der Waals surface area contributed by atoms with Gasteiger partial charge in [-0.15, -0.1) is 0 Å². The minimum atomic E-state index is -0.320. The number of oxime groups is 1. The molecule has 7 nitrogen and oxygen atoms in total. The SMILES string of the molecule is CON=C1CC(CO)N(C(=O)c2cnc(-c3ccccc3C)cn2)C1. The topological polar surface area (TPSA) is 87.9 Å². The summed E-state index contributed by atoms with van der Waals surface area (Å²) in [4.78, 5) is 27.7. The molecule has 1 fully saturated rings. The van der Waals surface area contributed by atoms with Crippen LogP contribution in [0.5, 0.6) is 0 Å². The van der Waals surface area contributed by atoms with Gasteiger partial charge >= 0.3 is 0 Å². The molecule has 1 aliphatic heterocycles. The van der Waals surface area contributed by atoms with Crippen LogP contribution in [0.3, 0.4) is 0 Å². The van der Waals surface area contributed by atoms with E-state index < -0.39 is 0 Å². The Morgan fingerprint density at radius 1 is 1.36 bits per heavy atom. The number of rotatable bonds is 4. The second kappa shape index (κ2) is 7.40. The van der Waals surface area contributed by atoms with E-state index in [1.807, 2.05) is 31.2 Å². The molecule has 1 aromatic heterocycles. The fraction of sp³-hybridized carbons (Fsp3) is 0.333. The maximum absolute atomic E-state index is 12.7. The number of likely N-dealkylation sites (tertiary alicyclic amines) is 1. The van der Waals surface area contributed by atoms with E-state index in [0.717, 1.165) is 22.5 Å². The number of carbonyl (C=O) groups excluding carboxylic acids is 1. The van der Waals surface area contributed by atoms with Crippen molar-refractivity contribution in [2.45, 2.75) is 19.4 Å². The Balaban J connectivity index is 1.81. The molecule has 0 radical (unpaired) electrons. The normalized spacial score (nSPS) is 18.6. The van der Waals surface area contributed by atoms with Crippen LogP contribution in [0.2, 0.25) is 0 Å². The Morgan fingerprint density at radius 2 is 2.16 bits per heavy atom. The molecule has 0 aliphatic carbocycles. The van der Waals surface area contributed by atoms with E-state index >= 15 is 0 Å². The van der Waals surface area contributed by atoms with Crippen LogP contribution in [0.25, 0.3) is 11.3 Å². The molecule has 1 aliphatic rings. The van der Waals surface area contributed by atoms with Crippen molar-refractivity contribution in [3.8, 4) is 11.3 Å². The van der Waals surface area contributed by atoms with Gasteiger partial charge in [0.1, 0.15) is 12.8 Å². The van der Waals surface area contributed by atoms with Crippen molar-refractivity contribution in [3.63, 3.8) is 0 Å². The Morgan fingerprint density at radius 3 is 2.80 bits per heavy atom. The number of aliphatic hydroxyl groups excluding tert-OH is 1. The molecule has 3 rings (SSSR count). The Bertz CT molecular complexity index is 789. The van der Waals surface area contributed by atoms with Gasteiger partial charge in [0.2, 0.25) is 0 Å². The molecule has 7 heteroatoms. The van der Waals surface area contributed by atoms with Crippen LogP contribution in [0.1, 0.15) is 22.5 Å². The van der Waals surface area contributed by atoms with Crippen molar-refractivity contribution in [3.05, 3.63) is 47.9 Å². The average molecular weight is 340 g/mol. The first kappa shape index (κ1) is 17.0. The molecule has 2 aromatic rings. The lowest BCUT2D eigenvalue weighted by molar-refractivity contribution is 0.0674. The third-order valence-corrected chi connectivity index (χ3v) is 4.25. The van der Waals surface area contributed by atoms with Crippen LogP contribution in [0.4, 0.5) is 0 Å². The minimum Gasteiger partial charge on any atom is -0.399 e. The summed E-state index contributed by atoms with van der Waals surface area (Å²) in [5.41, 5.74) is 3.76. The highest BCUT2D eigenvalue weighted by atomic mass is 16.6. The quantitative estimate of drug-likeness (QED) is 0.855. The summed E-state index contributed by atoms with van der Waals surface area (Å²) in [6.45, 7) is 2.19. The summed E-state index contributed by atoms with van der Waals surface area (Å²) in [6.07, 6.45) is 3.57. The van der Waals surface area contributed by atoms with Crippen LogP contribution in [0, 0.1) is 6.92 Å². The Kier molecular flexibility index (Phi) is 5.04. The summed E-state index contributed by atoms with van der Waals surface area (Å²) in [7, 11) is 1.46. The maximum atomic E-state index is 12.7. The van der Waals surface area contributed by atoms with Gasteiger partial charge in [0.05, 0.1) is 43.0 Å². The first-order chi connectivity index (χ1) is 12.1. The van der Waals surface area contributed by atoms with Gasteiger partial charge in [-0.25, -0.2) is 4.98 Å². The van der Waals surface area contributed by atoms with Gasteiger partial charge in [-0.2, -0.15) is 0 Å². The lowest BCUT2D eigenvalue weighted by Crippen LogP contribution is -2.38. The molecule has 1 N–H and O–H groups in total. The smallest absolute Gasteiger partial charge is 0.274 e. The number of aryl methyl sites for hydroxylation is 1. The second-order valence-corrected chi connectivity index (χ2v) is 5.92. The summed E-state index contributed by atoms with van der Waals surface area (Å²) < 4.78 is 0. The number of hydrogen-bond donors (Lipinski definition) is 1. The monoisotopic (exact) mass is 340 g/mol. The number of aliphatic hydroxyl groups is 1. The Hall–Kier alpha value is -2.80. The molecule has 25 heavy (non-hydrogen) atoms. The average Bonchev–Trinajstić information content (AvgIpc) is 3.05. The summed E-state index contributed by atoms with van der Waals surface area (Å²) in [5, 5.41) is 13.4. The zero-order chi connectivity index (χ0) is 17.8. The van der Waals surface area contributed by atoms with Crippen LogP contribution >= 0.6 is 0 Å². The van der Waals surface area contributed by atoms with Gasteiger partial charge in [-0.1, -0.05) is 29.4 Å². The van der Waals surface area contributed by atoms with Crippen LogP contribution < -0.4 is 0 Å². The molecular weight excluding hydrogens is 320 g/mol. The van der Waals surface area contributed by atoms with E-state index in [-0.39, 0.29) is 24.2 Å². The molecule has 130 valence electrons. The zero-order valence-corrected chi connectivity index (χ0v) is 14.2. The highest BCUT2D eigenvalue weighted by Gasteiger charge is 2.34. The van der Waals surface area contributed by atoms with Gasteiger partial charge in [0, 0.05) is 12.0 Å². The van der Waals surface area contributed by atoms with Crippen molar-refractivity contribution in [1.29, 1.82) is 0 Å². The minimum absolute atomic E-state index is 0.136. The first-order valence-electron chi connectivity index (χ1n) is 8.02. The summed E-state index contributed by atoms with van der Waals surface area (Å²) in [5.74, 6) is -0.274. The van der Waals surface area contributed by atoms with Crippen molar-refractivity contribution >= 4 is 11.6 Å². The molecule has 0 bridgehead atoms. The van der Waals surface area contributed by atoms with E-state index in [4.69, 9.17) is 4.84 Å². The number of hydrogen-bond acceptors (Lipinski definition) is 6. The van der Waals surface area contributed by atoms with Gasteiger partial charge in [-0.05, 0) is 12.5 Å².